The van der Waals surface area contributed by atoms with E-state index in [-0.39, 0.29) is 11.9 Å². The normalized spacial score (nSPS) is 10.8. The number of benzene rings is 1. The molecule has 1 aromatic heterocycles. The molecule has 4 heteroatoms. The van der Waals surface area contributed by atoms with Gasteiger partial charge in [0.15, 0.2) is 0 Å². The van der Waals surface area contributed by atoms with E-state index >= 15 is 0 Å². The Balaban J connectivity index is 2.24. The van der Waals surface area contributed by atoms with Crippen molar-refractivity contribution in [1.29, 1.82) is 0 Å². The molecule has 0 spiro atoms. The summed E-state index contributed by atoms with van der Waals surface area (Å²) in [5, 5.41) is 0. The molecule has 0 aliphatic carbocycles. The highest BCUT2D eigenvalue weighted by atomic mass is 16.3. The van der Waals surface area contributed by atoms with Gasteiger partial charge in [0.05, 0.1) is 11.8 Å². The van der Waals surface area contributed by atoms with Gasteiger partial charge in [0.1, 0.15) is 5.76 Å². The third kappa shape index (κ3) is 3.02. The fourth-order valence-electron chi connectivity index (χ4n) is 2.14. The zero-order valence-corrected chi connectivity index (χ0v) is 12.1. The average Bonchev–Trinajstić information content (AvgIpc) is 2.81. The zero-order chi connectivity index (χ0) is 14.7. The monoisotopic (exact) mass is 272 g/mol. The first kappa shape index (κ1) is 14.2. The highest BCUT2D eigenvalue weighted by Gasteiger charge is 2.21. The maximum absolute atomic E-state index is 12.6. The Morgan fingerprint density at radius 3 is 2.65 bits per heavy atom. The van der Waals surface area contributed by atoms with E-state index in [2.05, 4.69) is 0 Å². The number of furan rings is 1. The van der Waals surface area contributed by atoms with Crippen molar-refractivity contribution in [3.8, 4) is 0 Å². The number of nitrogens with zero attached hydrogens (tertiary/aromatic N) is 1. The molecule has 4 nitrogen and oxygen atoms in total. The minimum absolute atomic E-state index is 0.0197. The molecule has 0 unspecified atom stereocenters. The van der Waals surface area contributed by atoms with Crippen LogP contribution in [0.5, 0.6) is 0 Å². The second kappa shape index (κ2) is 5.82. The van der Waals surface area contributed by atoms with E-state index in [1.54, 1.807) is 19.3 Å². The smallest absolute Gasteiger partial charge is 0.257 e. The van der Waals surface area contributed by atoms with E-state index in [0.29, 0.717) is 23.6 Å². The van der Waals surface area contributed by atoms with E-state index < -0.39 is 0 Å². The van der Waals surface area contributed by atoms with Crippen LogP contribution in [0.25, 0.3) is 0 Å². The maximum Gasteiger partial charge on any atom is 0.257 e. The molecule has 0 aliphatic rings. The second-order valence-corrected chi connectivity index (χ2v) is 5.16. The molecule has 0 saturated carbocycles. The van der Waals surface area contributed by atoms with E-state index in [1.807, 2.05) is 43.0 Å². The predicted molar refractivity (Wildman–Crippen MR) is 79.3 cm³/mol. The number of carbonyl (C=O) groups is 1. The van der Waals surface area contributed by atoms with Crippen molar-refractivity contribution in [2.24, 2.45) is 0 Å². The van der Waals surface area contributed by atoms with Crippen LogP contribution in [0, 0.1) is 6.92 Å². The highest BCUT2D eigenvalue weighted by Crippen LogP contribution is 2.17. The lowest BCUT2D eigenvalue weighted by Crippen LogP contribution is -2.36. The Morgan fingerprint density at radius 1 is 1.35 bits per heavy atom. The van der Waals surface area contributed by atoms with E-state index in [9.17, 15) is 4.79 Å². The zero-order valence-electron chi connectivity index (χ0n) is 12.1. The first-order valence-electron chi connectivity index (χ1n) is 6.68. The third-order valence-corrected chi connectivity index (χ3v) is 3.28. The minimum Gasteiger partial charge on any atom is -0.469 e. The van der Waals surface area contributed by atoms with Crippen LogP contribution in [0.2, 0.25) is 0 Å². The van der Waals surface area contributed by atoms with Crippen molar-refractivity contribution in [2.75, 3.05) is 5.73 Å². The Hall–Kier alpha value is -2.23. The number of anilines is 1. The lowest BCUT2D eigenvalue weighted by Gasteiger charge is -2.27. The lowest BCUT2D eigenvalue weighted by molar-refractivity contribution is 0.0688. The Morgan fingerprint density at radius 2 is 2.10 bits per heavy atom. The van der Waals surface area contributed by atoms with Crippen LogP contribution in [0.15, 0.2) is 41.0 Å². The van der Waals surface area contributed by atoms with E-state index in [4.69, 9.17) is 10.2 Å². The van der Waals surface area contributed by atoms with E-state index in [1.165, 1.54) is 0 Å². The van der Waals surface area contributed by atoms with Crippen molar-refractivity contribution in [3.63, 3.8) is 0 Å². The number of amides is 1. The van der Waals surface area contributed by atoms with Crippen LogP contribution in [0.1, 0.15) is 35.5 Å². The molecule has 2 rings (SSSR count). The molecule has 0 bridgehead atoms. The summed E-state index contributed by atoms with van der Waals surface area (Å²) in [5.74, 6) is 0.627. The Bertz CT molecular complexity index is 602. The highest BCUT2D eigenvalue weighted by molar-refractivity contribution is 5.95. The third-order valence-electron chi connectivity index (χ3n) is 3.28. The number of aryl methyl sites for hydroxylation is 1. The molecular formula is C16H20N2O2. The van der Waals surface area contributed by atoms with Gasteiger partial charge in [-0.25, -0.2) is 0 Å². The van der Waals surface area contributed by atoms with Gasteiger partial charge in [-0.2, -0.15) is 0 Å². The largest absolute Gasteiger partial charge is 0.469 e. The fourth-order valence-corrected chi connectivity index (χ4v) is 2.14. The molecular weight excluding hydrogens is 252 g/mol. The number of hydrogen-bond donors (Lipinski definition) is 1. The number of nitrogen functional groups attached to an aromatic ring is 1. The quantitative estimate of drug-likeness (QED) is 0.869. The van der Waals surface area contributed by atoms with Gasteiger partial charge < -0.3 is 15.1 Å². The van der Waals surface area contributed by atoms with Gasteiger partial charge in [0.25, 0.3) is 5.91 Å². The van der Waals surface area contributed by atoms with Crippen LogP contribution in [0.4, 0.5) is 5.69 Å². The molecule has 0 radical (unpaired) electrons. The molecule has 0 fully saturated rings. The standard InChI is InChI=1S/C16H20N2O2/c1-11(2)18(10-13-5-4-6-14(17)9-13)16(19)15-7-8-20-12(15)3/h4-9,11H,10,17H2,1-3H3. The molecule has 1 aromatic carbocycles. The van der Waals surface area contributed by atoms with Gasteiger partial charge in [-0.1, -0.05) is 12.1 Å². The lowest BCUT2D eigenvalue weighted by atomic mass is 10.1. The molecule has 20 heavy (non-hydrogen) atoms. The first-order chi connectivity index (χ1) is 9.49. The summed E-state index contributed by atoms with van der Waals surface area (Å²) in [6.07, 6.45) is 1.54. The summed E-state index contributed by atoms with van der Waals surface area (Å²) in [7, 11) is 0. The molecule has 2 N–H and O–H groups in total. The van der Waals surface area contributed by atoms with Crippen LogP contribution in [0.3, 0.4) is 0 Å². The molecule has 2 aromatic rings. The molecule has 0 saturated heterocycles. The van der Waals surface area contributed by atoms with Crippen molar-refractivity contribution in [1.82, 2.24) is 4.90 Å². The van der Waals surface area contributed by atoms with E-state index in [0.717, 1.165) is 5.56 Å². The summed E-state index contributed by atoms with van der Waals surface area (Å²) in [6.45, 7) is 6.33. The fraction of sp³-hybridized carbons (Fsp3) is 0.312. The van der Waals surface area contributed by atoms with Crippen LogP contribution in [-0.2, 0) is 6.54 Å². The summed E-state index contributed by atoms with van der Waals surface area (Å²) in [5.41, 5.74) is 8.13. The number of hydrogen-bond acceptors (Lipinski definition) is 3. The summed E-state index contributed by atoms with van der Waals surface area (Å²) in [6, 6.07) is 9.42. The first-order valence-corrected chi connectivity index (χ1v) is 6.68. The number of carbonyl (C=O) groups excluding carboxylic acids is 1. The van der Waals surface area contributed by atoms with Gasteiger partial charge in [-0.15, -0.1) is 0 Å². The average molecular weight is 272 g/mol. The topological polar surface area (TPSA) is 59.5 Å². The molecule has 106 valence electrons. The van der Waals surface area contributed by atoms with Crippen LogP contribution >= 0.6 is 0 Å². The van der Waals surface area contributed by atoms with Gasteiger partial charge in [-0.05, 0) is 44.5 Å². The van der Waals surface area contributed by atoms with Gasteiger partial charge in [0.2, 0.25) is 0 Å². The molecule has 1 amide bonds. The van der Waals surface area contributed by atoms with Crippen molar-refractivity contribution in [3.05, 3.63) is 53.5 Å². The van der Waals surface area contributed by atoms with Crippen molar-refractivity contribution < 1.29 is 9.21 Å². The van der Waals surface area contributed by atoms with Crippen molar-refractivity contribution in [2.45, 2.75) is 33.4 Å². The number of nitrogens with two attached hydrogens (primary N) is 1. The maximum atomic E-state index is 12.6. The molecule has 1 heterocycles. The van der Waals surface area contributed by atoms with Gasteiger partial charge >= 0.3 is 0 Å². The Kier molecular flexibility index (Phi) is 4.13. The summed E-state index contributed by atoms with van der Waals surface area (Å²) < 4.78 is 5.22. The van der Waals surface area contributed by atoms with Crippen LogP contribution < -0.4 is 5.73 Å². The van der Waals surface area contributed by atoms with Crippen molar-refractivity contribution >= 4 is 11.6 Å². The Labute approximate surface area is 119 Å². The SMILES string of the molecule is Cc1occc1C(=O)N(Cc1cccc(N)c1)C(C)C. The van der Waals surface area contributed by atoms with Gasteiger partial charge in [-0.3, -0.25) is 4.79 Å². The minimum atomic E-state index is -0.0197. The van der Waals surface area contributed by atoms with Gasteiger partial charge in [0, 0.05) is 18.3 Å². The molecule has 0 aliphatic heterocycles. The van der Waals surface area contributed by atoms with Crippen LogP contribution in [-0.4, -0.2) is 16.8 Å². The predicted octanol–water partition coefficient (Wildman–Crippen LogP) is 3.22. The second-order valence-electron chi connectivity index (χ2n) is 5.16. The summed E-state index contributed by atoms with van der Waals surface area (Å²) >= 11 is 0. The molecule has 0 atom stereocenters. The number of rotatable bonds is 4. The summed E-state index contributed by atoms with van der Waals surface area (Å²) in [4.78, 5) is 14.4.